The second-order valence-electron chi connectivity index (χ2n) is 5.63. The summed E-state index contributed by atoms with van der Waals surface area (Å²) in [6.07, 6.45) is 6.80. The molecule has 126 valence electrons. The number of nitrogens with one attached hydrogen (secondary N) is 1. The van der Waals surface area contributed by atoms with Crippen LogP contribution in [0, 0.1) is 0 Å². The van der Waals surface area contributed by atoms with Crippen LogP contribution in [0.1, 0.15) is 37.8 Å². The molecule has 0 fully saturated rings. The summed E-state index contributed by atoms with van der Waals surface area (Å²) in [5.41, 5.74) is 3.08. The number of ether oxygens (including phenoxy) is 1. The van der Waals surface area contributed by atoms with Crippen LogP contribution in [0.2, 0.25) is 0 Å². The van der Waals surface area contributed by atoms with Gasteiger partial charge in [-0.2, -0.15) is 0 Å². The number of hydrogen-bond donors (Lipinski definition) is 1. The Hall–Kier alpha value is -2.55. The Kier molecular flexibility index (Phi) is 7.09. The molecule has 2 rings (SSSR count). The first-order valence-electron chi connectivity index (χ1n) is 8.52. The lowest BCUT2D eigenvalue weighted by Crippen LogP contribution is -2.07. The quantitative estimate of drug-likeness (QED) is 0.688. The SMILES string of the molecule is CCCCc1ccc(NC(=O)/C=C/c2ccc(OCC)cc2)cc1. The summed E-state index contributed by atoms with van der Waals surface area (Å²) in [5.74, 6) is 0.701. The van der Waals surface area contributed by atoms with E-state index in [-0.39, 0.29) is 5.91 Å². The molecule has 0 heterocycles. The van der Waals surface area contributed by atoms with Gasteiger partial charge in [-0.25, -0.2) is 0 Å². The average Bonchev–Trinajstić information content (AvgIpc) is 2.61. The first-order chi connectivity index (χ1) is 11.7. The number of hydrogen-bond acceptors (Lipinski definition) is 2. The molecule has 0 aliphatic carbocycles. The Morgan fingerprint density at radius 1 is 1.04 bits per heavy atom. The van der Waals surface area contributed by atoms with E-state index < -0.39 is 0 Å². The maximum Gasteiger partial charge on any atom is 0.248 e. The first-order valence-corrected chi connectivity index (χ1v) is 8.52. The van der Waals surface area contributed by atoms with Crippen molar-refractivity contribution in [1.82, 2.24) is 0 Å². The number of carbonyl (C=O) groups is 1. The van der Waals surface area contributed by atoms with Crippen molar-refractivity contribution in [2.45, 2.75) is 33.1 Å². The van der Waals surface area contributed by atoms with Crippen molar-refractivity contribution < 1.29 is 9.53 Å². The maximum atomic E-state index is 12.0. The predicted octanol–water partition coefficient (Wildman–Crippen LogP) is 5.08. The zero-order chi connectivity index (χ0) is 17.2. The van der Waals surface area contributed by atoms with Crippen molar-refractivity contribution in [2.24, 2.45) is 0 Å². The third-order valence-electron chi connectivity index (χ3n) is 3.66. The molecule has 2 aromatic rings. The normalized spacial score (nSPS) is 10.8. The van der Waals surface area contributed by atoms with Crippen LogP contribution < -0.4 is 10.1 Å². The summed E-state index contributed by atoms with van der Waals surface area (Å²) >= 11 is 0. The third kappa shape index (κ3) is 5.92. The number of amides is 1. The van der Waals surface area contributed by atoms with Crippen molar-refractivity contribution >= 4 is 17.7 Å². The Balaban J connectivity index is 1.87. The monoisotopic (exact) mass is 323 g/mol. The van der Waals surface area contributed by atoms with Crippen LogP contribution in [-0.4, -0.2) is 12.5 Å². The summed E-state index contributed by atoms with van der Waals surface area (Å²) in [7, 11) is 0. The number of aryl methyl sites for hydroxylation is 1. The van der Waals surface area contributed by atoms with Crippen molar-refractivity contribution in [3.8, 4) is 5.75 Å². The van der Waals surface area contributed by atoms with Crippen LogP contribution in [0.5, 0.6) is 5.75 Å². The second kappa shape index (κ2) is 9.56. The highest BCUT2D eigenvalue weighted by atomic mass is 16.5. The second-order valence-corrected chi connectivity index (χ2v) is 5.63. The molecule has 0 aromatic heterocycles. The maximum absolute atomic E-state index is 12.0. The van der Waals surface area contributed by atoms with Gasteiger partial charge in [0.1, 0.15) is 5.75 Å². The van der Waals surface area contributed by atoms with Crippen LogP contribution in [0.15, 0.2) is 54.6 Å². The van der Waals surface area contributed by atoms with Crippen molar-refractivity contribution in [1.29, 1.82) is 0 Å². The van der Waals surface area contributed by atoms with Gasteiger partial charge in [0, 0.05) is 11.8 Å². The van der Waals surface area contributed by atoms with E-state index in [4.69, 9.17) is 4.74 Å². The van der Waals surface area contributed by atoms with E-state index in [0.717, 1.165) is 23.4 Å². The van der Waals surface area contributed by atoms with Gasteiger partial charge in [-0.3, -0.25) is 4.79 Å². The fraction of sp³-hybridized carbons (Fsp3) is 0.286. The van der Waals surface area contributed by atoms with Crippen LogP contribution in [-0.2, 0) is 11.2 Å². The largest absolute Gasteiger partial charge is 0.494 e. The molecule has 0 unspecified atom stereocenters. The molecule has 24 heavy (non-hydrogen) atoms. The van der Waals surface area contributed by atoms with Crippen LogP contribution in [0.4, 0.5) is 5.69 Å². The van der Waals surface area contributed by atoms with Gasteiger partial charge < -0.3 is 10.1 Å². The molecule has 0 radical (unpaired) electrons. The summed E-state index contributed by atoms with van der Waals surface area (Å²) in [4.78, 5) is 12.0. The van der Waals surface area contributed by atoms with Crippen molar-refractivity contribution in [3.63, 3.8) is 0 Å². The molecular formula is C21H25NO2. The Morgan fingerprint density at radius 2 is 1.75 bits per heavy atom. The molecule has 0 spiro atoms. The minimum atomic E-state index is -0.134. The van der Waals surface area contributed by atoms with Gasteiger partial charge in [0.2, 0.25) is 5.91 Å². The molecular weight excluding hydrogens is 298 g/mol. The van der Waals surface area contributed by atoms with E-state index >= 15 is 0 Å². The minimum absolute atomic E-state index is 0.134. The third-order valence-corrected chi connectivity index (χ3v) is 3.66. The van der Waals surface area contributed by atoms with E-state index in [1.807, 2.05) is 43.3 Å². The van der Waals surface area contributed by atoms with Crippen molar-refractivity contribution in [3.05, 3.63) is 65.7 Å². The zero-order valence-corrected chi connectivity index (χ0v) is 14.4. The lowest BCUT2D eigenvalue weighted by molar-refractivity contribution is -0.111. The molecule has 0 atom stereocenters. The van der Waals surface area contributed by atoms with E-state index in [1.54, 1.807) is 12.2 Å². The number of unbranched alkanes of at least 4 members (excludes halogenated alkanes) is 1. The standard InChI is InChI=1S/C21H25NO2/c1-3-5-6-17-7-12-19(13-8-17)22-21(23)16-11-18-9-14-20(15-10-18)24-4-2/h7-16H,3-6H2,1-2H3,(H,22,23)/b16-11+. The topological polar surface area (TPSA) is 38.3 Å². The van der Waals surface area contributed by atoms with Gasteiger partial charge in [-0.05, 0) is 61.2 Å². The minimum Gasteiger partial charge on any atom is -0.494 e. The number of benzene rings is 2. The lowest BCUT2D eigenvalue weighted by atomic mass is 10.1. The van der Waals surface area contributed by atoms with E-state index in [0.29, 0.717) is 6.61 Å². The molecule has 0 aliphatic heterocycles. The smallest absolute Gasteiger partial charge is 0.248 e. The van der Waals surface area contributed by atoms with Gasteiger partial charge in [-0.15, -0.1) is 0 Å². The summed E-state index contributed by atoms with van der Waals surface area (Å²) < 4.78 is 5.40. The first kappa shape index (κ1) is 17.8. The highest BCUT2D eigenvalue weighted by Gasteiger charge is 1.99. The number of carbonyl (C=O) groups excluding carboxylic acids is 1. The molecule has 3 nitrogen and oxygen atoms in total. The van der Waals surface area contributed by atoms with Gasteiger partial charge in [-0.1, -0.05) is 37.6 Å². The molecule has 0 saturated carbocycles. The molecule has 0 aliphatic rings. The fourth-order valence-corrected chi connectivity index (χ4v) is 2.33. The van der Waals surface area contributed by atoms with Crippen LogP contribution in [0.3, 0.4) is 0 Å². The van der Waals surface area contributed by atoms with E-state index in [2.05, 4.69) is 24.4 Å². The number of rotatable bonds is 8. The number of anilines is 1. The van der Waals surface area contributed by atoms with E-state index in [9.17, 15) is 4.79 Å². The summed E-state index contributed by atoms with van der Waals surface area (Å²) in [5, 5.41) is 2.88. The summed E-state index contributed by atoms with van der Waals surface area (Å²) in [6.45, 7) is 4.79. The predicted molar refractivity (Wildman–Crippen MR) is 100 cm³/mol. The zero-order valence-electron chi connectivity index (χ0n) is 14.4. The molecule has 0 saturated heterocycles. The molecule has 3 heteroatoms. The van der Waals surface area contributed by atoms with Gasteiger partial charge in [0.15, 0.2) is 0 Å². The fourth-order valence-electron chi connectivity index (χ4n) is 2.33. The van der Waals surface area contributed by atoms with Gasteiger partial charge in [0.05, 0.1) is 6.61 Å². The van der Waals surface area contributed by atoms with Crippen LogP contribution in [0.25, 0.3) is 6.08 Å². The Morgan fingerprint density at radius 3 is 2.38 bits per heavy atom. The highest BCUT2D eigenvalue weighted by Crippen LogP contribution is 2.14. The molecule has 2 aromatic carbocycles. The Labute approximate surface area is 144 Å². The van der Waals surface area contributed by atoms with E-state index in [1.165, 1.54) is 18.4 Å². The summed E-state index contributed by atoms with van der Waals surface area (Å²) in [6, 6.07) is 15.7. The van der Waals surface area contributed by atoms with Gasteiger partial charge >= 0.3 is 0 Å². The van der Waals surface area contributed by atoms with Crippen LogP contribution >= 0.6 is 0 Å². The van der Waals surface area contributed by atoms with Gasteiger partial charge in [0.25, 0.3) is 0 Å². The molecule has 0 bridgehead atoms. The lowest BCUT2D eigenvalue weighted by Gasteiger charge is -2.05. The van der Waals surface area contributed by atoms with Crippen molar-refractivity contribution in [2.75, 3.05) is 11.9 Å². The highest BCUT2D eigenvalue weighted by molar-refractivity contribution is 6.01. The Bertz CT molecular complexity index is 657. The molecule has 1 N–H and O–H groups in total. The average molecular weight is 323 g/mol. The molecule has 1 amide bonds.